The first-order valence-electron chi connectivity index (χ1n) is 9.74. The summed E-state index contributed by atoms with van der Waals surface area (Å²) in [6.45, 7) is 1.69. The largest absolute Gasteiger partial charge is 0.495 e. The van der Waals surface area contributed by atoms with Crippen LogP contribution < -0.4 is 19.3 Å². The van der Waals surface area contributed by atoms with Gasteiger partial charge in [-0.3, -0.25) is 4.79 Å². The fourth-order valence-corrected chi connectivity index (χ4v) is 3.57. The van der Waals surface area contributed by atoms with Crippen LogP contribution in [0.5, 0.6) is 11.6 Å². The van der Waals surface area contributed by atoms with Crippen LogP contribution in [0.25, 0.3) is 0 Å². The van der Waals surface area contributed by atoms with Crippen LogP contribution in [0.4, 0.5) is 11.4 Å². The summed E-state index contributed by atoms with van der Waals surface area (Å²) in [6.07, 6.45) is 4.33. The zero-order valence-electron chi connectivity index (χ0n) is 17.3. The van der Waals surface area contributed by atoms with Gasteiger partial charge in [-0.25, -0.2) is 9.97 Å². The van der Waals surface area contributed by atoms with Crippen LogP contribution in [0.1, 0.15) is 21.6 Å². The molecule has 7 heteroatoms. The van der Waals surface area contributed by atoms with E-state index in [0.717, 1.165) is 30.9 Å². The van der Waals surface area contributed by atoms with E-state index in [0.29, 0.717) is 17.3 Å². The number of nitrogens with zero attached hydrogens (tertiary/aromatic N) is 4. The van der Waals surface area contributed by atoms with Gasteiger partial charge in [-0.15, -0.1) is 0 Å². The molecule has 1 aromatic carbocycles. The molecule has 3 heterocycles. The molecule has 0 saturated heterocycles. The van der Waals surface area contributed by atoms with Crippen molar-refractivity contribution in [2.45, 2.75) is 13.0 Å². The molecule has 154 valence electrons. The number of fused-ring (bicyclic) bond motifs is 1. The molecular weight excluding hydrogens is 380 g/mol. The van der Waals surface area contributed by atoms with Crippen molar-refractivity contribution in [2.75, 3.05) is 37.6 Å². The summed E-state index contributed by atoms with van der Waals surface area (Å²) in [6, 6.07) is 13.5. The number of aromatic nitrogens is 2. The lowest BCUT2D eigenvalue weighted by atomic mass is 9.98. The topological polar surface area (TPSA) is 67.8 Å². The summed E-state index contributed by atoms with van der Waals surface area (Å²) in [5.41, 5.74) is 4.78. The molecule has 0 N–H and O–H groups in total. The zero-order chi connectivity index (χ0) is 21.1. The Labute approximate surface area is 175 Å². The number of anilines is 2. The Kier molecular flexibility index (Phi) is 5.52. The minimum absolute atomic E-state index is 0.162. The maximum absolute atomic E-state index is 12.9. The third kappa shape index (κ3) is 3.91. The Balaban J connectivity index is 1.53. The molecule has 30 heavy (non-hydrogen) atoms. The molecule has 0 unspecified atom stereocenters. The van der Waals surface area contributed by atoms with E-state index in [1.54, 1.807) is 44.5 Å². The van der Waals surface area contributed by atoms with Gasteiger partial charge in [0.15, 0.2) is 0 Å². The molecule has 7 nitrogen and oxygen atoms in total. The van der Waals surface area contributed by atoms with E-state index < -0.39 is 0 Å². The van der Waals surface area contributed by atoms with E-state index >= 15 is 0 Å². The van der Waals surface area contributed by atoms with Crippen LogP contribution in [-0.4, -0.2) is 43.7 Å². The monoisotopic (exact) mass is 404 g/mol. The SMILES string of the molecule is COc1ccc(C(=O)N(C)c2ccc3c(c2)CN(c2ccc(OC)nc2)CC3)nc1. The molecule has 1 amide bonds. The van der Waals surface area contributed by atoms with Crippen LogP contribution in [0.3, 0.4) is 0 Å². The van der Waals surface area contributed by atoms with Crippen molar-refractivity contribution in [1.29, 1.82) is 0 Å². The number of carbonyl (C=O) groups is 1. The highest BCUT2D eigenvalue weighted by atomic mass is 16.5. The molecule has 0 atom stereocenters. The first-order valence-corrected chi connectivity index (χ1v) is 9.74. The number of amides is 1. The van der Waals surface area contributed by atoms with Gasteiger partial charge in [-0.2, -0.15) is 0 Å². The summed E-state index contributed by atoms with van der Waals surface area (Å²) < 4.78 is 10.3. The number of methoxy groups -OCH3 is 2. The van der Waals surface area contributed by atoms with Gasteiger partial charge in [0.05, 0.1) is 32.3 Å². The minimum atomic E-state index is -0.162. The van der Waals surface area contributed by atoms with Crippen molar-refractivity contribution in [2.24, 2.45) is 0 Å². The van der Waals surface area contributed by atoms with Gasteiger partial charge < -0.3 is 19.3 Å². The number of benzene rings is 1. The van der Waals surface area contributed by atoms with Gasteiger partial charge in [0.1, 0.15) is 11.4 Å². The predicted molar refractivity (Wildman–Crippen MR) is 116 cm³/mol. The smallest absolute Gasteiger partial charge is 0.276 e. The first kappa shape index (κ1) is 19.7. The van der Waals surface area contributed by atoms with Gasteiger partial charge in [0.25, 0.3) is 5.91 Å². The molecule has 1 aliphatic heterocycles. The van der Waals surface area contributed by atoms with Gasteiger partial charge >= 0.3 is 0 Å². The average molecular weight is 404 g/mol. The third-order valence-corrected chi connectivity index (χ3v) is 5.38. The van der Waals surface area contributed by atoms with Crippen molar-refractivity contribution in [1.82, 2.24) is 9.97 Å². The van der Waals surface area contributed by atoms with Gasteiger partial charge in [-0.05, 0) is 47.9 Å². The van der Waals surface area contributed by atoms with Crippen molar-refractivity contribution < 1.29 is 14.3 Å². The second kappa shape index (κ2) is 8.41. The molecule has 0 radical (unpaired) electrons. The lowest BCUT2D eigenvalue weighted by Gasteiger charge is -2.31. The predicted octanol–water partition coefficient (Wildman–Crippen LogP) is 3.33. The summed E-state index contributed by atoms with van der Waals surface area (Å²) in [5.74, 6) is 1.06. The van der Waals surface area contributed by atoms with Gasteiger partial charge in [0, 0.05) is 31.9 Å². The van der Waals surface area contributed by atoms with Crippen molar-refractivity contribution in [3.8, 4) is 11.6 Å². The number of rotatable bonds is 5. The fraction of sp³-hybridized carbons (Fsp3) is 0.261. The van der Waals surface area contributed by atoms with Crippen LogP contribution in [0, 0.1) is 0 Å². The molecule has 2 aromatic heterocycles. The highest BCUT2D eigenvalue weighted by Crippen LogP contribution is 2.28. The van der Waals surface area contributed by atoms with Gasteiger partial charge in [-0.1, -0.05) is 6.07 Å². The second-order valence-electron chi connectivity index (χ2n) is 7.13. The normalized spacial score (nSPS) is 12.8. The standard InChI is InChI=1S/C23H24N4O3/c1-26(23(28)21-8-7-20(29-2)14-24-21)18-5-4-16-10-11-27(15-17(16)12-18)19-6-9-22(30-3)25-13-19/h4-9,12-14H,10-11,15H2,1-3H3. The van der Waals surface area contributed by atoms with E-state index in [9.17, 15) is 4.79 Å². The van der Waals surface area contributed by atoms with Crippen molar-refractivity contribution in [3.05, 3.63) is 71.7 Å². The lowest BCUT2D eigenvalue weighted by Crippen LogP contribution is -2.31. The second-order valence-corrected chi connectivity index (χ2v) is 7.13. The number of hydrogen-bond acceptors (Lipinski definition) is 6. The van der Waals surface area contributed by atoms with E-state index in [4.69, 9.17) is 9.47 Å². The molecule has 4 rings (SSSR count). The van der Waals surface area contributed by atoms with E-state index in [1.807, 2.05) is 24.4 Å². The van der Waals surface area contributed by atoms with Crippen LogP contribution >= 0.6 is 0 Å². The Bertz CT molecular complexity index is 1040. The quantitative estimate of drug-likeness (QED) is 0.650. The molecular formula is C23H24N4O3. The van der Waals surface area contributed by atoms with Crippen molar-refractivity contribution in [3.63, 3.8) is 0 Å². The Hall–Kier alpha value is -3.61. The highest BCUT2D eigenvalue weighted by Gasteiger charge is 2.20. The van der Waals surface area contributed by atoms with E-state index in [-0.39, 0.29) is 5.91 Å². The molecule has 0 saturated carbocycles. The maximum atomic E-state index is 12.9. The number of carbonyl (C=O) groups excluding carboxylic acids is 1. The number of hydrogen-bond donors (Lipinski definition) is 0. The molecule has 0 bridgehead atoms. The van der Waals surface area contributed by atoms with Crippen LogP contribution in [0.15, 0.2) is 54.9 Å². The summed E-state index contributed by atoms with van der Waals surface area (Å²) in [4.78, 5) is 25.3. The molecule has 1 aliphatic rings. The fourth-order valence-electron chi connectivity index (χ4n) is 3.57. The van der Waals surface area contributed by atoms with Crippen molar-refractivity contribution >= 4 is 17.3 Å². The Morgan fingerprint density at radius 3 is 2.53 bits per heavy atom. The Morgan fingerprint density at radius 2 is 1.87 bits per heavy atom. The molecule has 0 spiro atoms. The van der Waals surface area contributed by atoms with E-state index in [1.165, 1.54) is 11.1 Å². The zero-order valence-corrected chi connectivity index (χ0v) is 17.3. The highest BCUT2D eigenvalue weighted by molar-refractivity contribution is 6.04. The van der Waals surface area contributed by atoms with E-state index in [2.05, 4.69) is 27.0 Å². The lowest BCUT2D eigenvalue weighted by molar-refractivity contribution is 0.0988. The van der Waals surface area contributed by atoms with Gasteiger partial charge in [0.2, 0.25) is 5.88 Å². The Morgan fingerprint density at radius 1 is 1.00 bits per heavy atom. The maximum Gasteiger partial charge on any atom is 0.276 e. The summed E-state index contributed by atoms with van der Waals surface area (Å²) in [5, 5.41) is 0. The average Bonchev–Trinajstić information content (AvgIpc) is 2.82. The molecule has 0 fully saturated rings. The summed E-state index contributed by atoms with van der Waals surface area (Å²) >= 11 is 0. The van der Waals surface area contributed by atoms with Crippen LogP contribution in [0.2, 0.25) is 0 Å². The molecule has 3 aromatic rings. The number of ether oxygens (including phenoxy) is 2. The third-order valence-electron chi connectivity index (χ3n) is 5.38. The molecule has 0 aliphatic carbocycles. The first-order chi connectivity index (χ1) is 14.6. The number of pyridine rings is 2. The van der Waals surface area contributed by atoms with Crippen LogP contribution in [-0.2, 0) is 13.0 Å². The minimum Gasteiger partial charge on any atom is -0.495 e. The summed E-state index contributed by atoms with van der Waals surface area (Å²) in [7, 11) is 4.95.